The summed E-state index contributed by atoms with van der Waals surface area (Å²) in [6.45, 7) is 0.830. The average molecular weight is 465 g/mol. The number of carbonyl (C=O) groups excluding carboxylic acids is 2. The molecule has 3 aromatic rings. The number of methoxy groups -OCH3 is 2. The number of ketones is 1. The molecular weight excluding hydrogens is 441 g/mol. The number of nitrogens with zero attached hydrogens (tertiary/aromatic N) is 3. The molecule has 2 heterocycles. The normalized spacial score (nSPS) is 17.3. The third-order valence-corrected chi connectivity index (χ3v) is 5.76. The Bertz CT molecular complexity index is 1220. The monoisotopic (exact) mass is 465 g/mol. The number of rotatable bonds is 8. The number of aliphatic hydroxyl groups is 1. The molecule has 0 aliphatic carbocycles. The fraction of sp³-hybridized carbons (Fsp3) is 0.240. The van der Waals surface area contributed by atoms with Gasteiger partial charge < -0.3 is 24.0 Å². The summed E-state index contributed by atoms with van der Waals surface area (Å²) in [6.07, 6.45) is 5.69. The standard InChI is InChI=1S/C25H24FN3O5/c1-33-18-8-9-20(34-2)19(14-18)22-21(23(30)16-4-6-17(26)7-5-16)24(31)25(32)29(22)12-3-11-28-13-10-27-15-28/h4-10,13-15,22,30H,3,11-12H2,1-2H3/t22-/m1/s1. The number of aliphatic hydroxyl groups excluding tert-OH is 1. The molecule has 0 bridgehead atoms. The minimum Gasteiger partial charge on any atom is -0.507 e. The minimum atomic E-state index is -0.919. The summed E-state index contributed by atoms with van der Waals surface area (Å²) in [5, 5.41) is 11.1. The molecule has 1 atom stereocenters. The minimum absolute atomic E-state index is 0.0919. The number of likely N-dealkylation sites (tertiary alicyclic amines) is 1. The third-order valence-electron chi connectivity index (χ3n) is 5.76. The molecule has 9 heteroatoms. The molecule has 1 aliphatic heterocycles. The fourth-order valence-electron chi connectivity index (χ4n) is 4.09. The van der Waals surface area contributed by atoms with Gasteiger partial charge >= 0.3 is 0 Å². The summed E-state index contributed by atoms with van der Waals surface area (Å²) >= 11 is 0. The first-order valence-electron chi connectivity index (χ1n) is 10.7. The van der Waals surface area contributed by atoms with Gasteiger partial charge in [0.15, 0.2) is 0 Å². The van der Waals surface area contributed by atoms with Crippen LogP contribution in [-0.2, 0) is 16.1 Å². The van der Waals surface area contributed by atoms with E-state index < -0.39 is 23.5 Å². The number of Topliss-reactive ketones (excluding diaryl/α,β-unsaturated/α-hetero) is 1. The lowest BCUT2D eigenvalue weighted by Crippen LogP contribution is -2.31. The first-order valence-corrected chi connectivity index (χ1v) is 10.7. The molecule has 0 spiro atoms. The van der Waals surface area contributed by atoms with Gasteiger partial charge in [-0.1, -0.05) is 0 Å². The SMILES string of the molecule is COc1ccc(OC)c([C@@H]2C(=C(O)c3ccc(F)cc3)C(=O)C(=O)N2CCCn2ccnc2)c1. The van der Waals surface area contributed by atoms with Crippen molar-refractivity contribution in [2.45, 2.75) is 19.0 Å². The van der Waals surface area contributed by atoms with Crippen molar-refractivity contribution in [1.82, 2.24) is 14.5 Å². The van der Waals surface area contributed by atoms with Crippen LogP contribution < -0.4 is 9.47 Å². The number of hydrogen-bond acceptors (Lipinski definition) is 6. The van der Waals surface area contributed by atoms with Gasteiger partial charge in [-0.2, -0.15) is 0 Å². The summed E-state index contributed by atoms with van der Waals surface area (Å²) in [7, 11) is 2.99. The number of aryl methyl sites for hydroxylation is 1. The van der Waals surface area contributed by atoms with Crippen molar-refractivity contribution < 1.29 is 28.6 Å². The molecule has 0 unspecified atom stereocenters. The summed E-state index contributed by atoms with van der Waals surface area (Å²) in [4.78, 5) is 31.7. The van der Waals surface area contributed by atoms with Gasteiger partial charge in [0.25, 0.3) is 11.7 Å². The van der Waals surface area contributed by atoms with E-state index in [9.17, 15) is 19.1 Å². The van der Waals surface area contributed by atoms with E-state index in [1.807, 2.05) is 10.8 Å². The first kappa shape index (κ1) is 23.0. The van der Waals surface area contributed by atoms with Gasteiger partial charge in [0.1, 0.15) is 23.1 Å². The Balaban J connectivity index is 1.81. The predicted molar refractivity (Wildman–Crippen MR) is 122 cm³/mol. The zero-order valence-electron chi connectivity index (χ0n) is 18.8. The molecule has 0 saturated carbocycles. The van der Waals surface area contributed by atoms with Crippen LogP contribution in [0.15, 0.2) is 66.8 Å². The molecule has 8 nitrogen and oxygen atoms in total. The number of benzene rings is 2. The summed E-state index contributed by atoms with van der Waals surface area (Å²) in [5.74, 6) is -1.49. The van der Waals surface area contributed by atoms with E-state index in [1.54, 1.807) is 30.7 Å². The van der Waals surface area contributed by atoms with Crippen molar-refractivity contribution in [3.63, 3.8) is 0 Å². The Morgan fingerprint density at radius 2 is 1.85 bits per heavy atom. The molecule has 1 aromatic heterocycles. The second-order valence-electron chi connectivity index (χ2n) is 7.76. The number of hydrogen-bond donors (Lipinski definition) is 1. The predicted octanol–water partition coefficient (Wildman–Crippen LogP) is 3.55. The van der Waals surface area contributed by atoms with Crippen LogP contribution in [0, 0.1) is 5.82 Å². The Morgan fingerprint density at radius 1 is 1.09 bits per heavy atom. The van der Waals surface area contributed by atoms with Crippen LogP contribution in [0.3, 0.4) is 0 Å². The van der Waals surface area contributed by atoms with Crippen LogP contribution in [0.25, 0.3) is 5.76 Å². The maximum Gasteiger partial charge on any atom is 0.295 e. The Morgan fingerprint density at radius 3 is 2.50 bits per heavy atom. The number of imidazole rings is 1. The van der Waals surface area contributed by atoms with Gasteiger partial charge in [0.2, 0.25) is 0 Å². The van der Waals surface area contributed by atoms with Crippen LogP contribution in [0.2, 0.25) is 0 Å². The van der Waals surface area contributed by atoms with E-state index in [2.05, 4.69) is 4.98 Å². The van der Waals surface area contributed by atoms with E-state index in [0.29, 0.717) is 30.0 Å². The van der Waals surface area contributed by atoms with Gasteiger partial charge in [-0.15, -0.1) is 0 Å². The maximum absolute atomic E-state index is 13.4. The van der Waals surface area contributed by atoms with Crippen LogP contribution in [0.1, 0.15) is 23.6 Å². The van der Waals surface area contributed by atoms with E-state index >= 15 is 0 Å². The van der Waals surface area contributed by atoms with Gasteiger partial charge in [-0.25, -0.2) is 9.37 Å². The van der Waals surface area contributed by atoms with Crippen LogP contribution >= 0.6 is 0 Å². The average Bonchev–Trinajstić information content (AvgIpc) is 3.46. The lowest BCUT2D eigenvalue weighted by molar-refractivity contribution is -0.140. The van der Waals surface area contributed by atoms with E-state index in [0.717, 1.165) is 0 Å². The van der Waals surface area contributed by atoms with E-state index in [-0.39, 0.29) is 23.4 Å². The Labute approximate surface area is 195 Å². The molecule has 1 saturated heterocycles. The molecule has 4 rings (SSSR count). The van der Waals surface area contributed by atoms with Crippen LogP contribution in [0.5, 0.6) is 11.5 Å². The largest absolute Gasteiger partial charge is 0.507 e. The van der Waals surface area contributed by atoms with Crippen molar-refractivity contribution in [2.75, 3.05) is 20.8 Å². The molecule has 0 radical (unpaired) electrons. The number of carbonyl (C=O) groups is 2. The van der Waals surface area contributed by atoms with Gasteiger partial charge in [-0.05, 0) is 48.9 Å². The first-order chi connectivity index (χ1) is 16.4. The maximum atomic E-state index is 13.4. The molecule has 2 aromatic carbocycles. The highest BCUT2D eigenvalue weighted by atomic mass is 19.1. The molecule has 34 heavy (non-hydrogen) atoms. The molecular formula is C25H24FN3O5. The van der Waals surface area contributed by atoms with Crippen molar-refractivity contribution >= 4 is 17.4 Å². The van der Waals surface area contributed by atoms with Crippen molar-refractivity contribution in [2.24, 2.45) is 0 Å². The van der Waals surface area contributed by atoms with E-state index in [1.165, 1.54) is 43.4 Å². The summed E-state index contributed by atoms with van der Waals surface area (Å²) in [5.41, 5.74) is 0.628. The van der Waals surface area contributed by atoms with Gasteiger partial charge in [-0.3, -0.25) is 9.59 Å². The van der Waals surface area contributed by atoms with Crippen molar-refractivity contribution in [3.8, 4) is 11.5 Å². The molecule has 1 fully saturated rings. The summed E-state index contributed by atoms with van der Waals surface area (Å²) in [6, 6.07) is 9.21. The highest BCUT2D eigenvalue weighted by Gasteiger charge is 2.47. The third kappa shape index (κ3) is 4.36. The Hall–Kier alpha value is -4.14. The van der Waals surface area contributed by atoms with E-state index in [4.69, 9.17) is 9.47 Å². The fourth-order valence-corrected chi connectivity index (χ4v) is 4.09. The second kappa shape index (κ2) is 9.78. The summed E-state index contributed by atoms with van der Waals surface area (Å²) < 4.78 is 26.2. The zero-order chi connectivity index (χ0) is 24.2. The smallest absolute Gasteiger partial charge is 0.295 e. The number of aromatic nitrogens is 2. The molecule has 1 N–H and O–H groups in total. The second-order valence-corrected chi connectivity index (χ2v) is 7.76. The Kier molecular flexibility index (Phi) is 6.62. The molecule has 176 valence electrons. The topological polar surface area (TPSA) is 93.9 Å². The lowest BCUT2D eigenvalue weighted by Gasteiger charge is -2.27. The van der Waals surface area contributed by atoms with Crippen LogP contribution in [-0.4, -0.2) is 52.0 Å². The number of amides is 1. The molecule has 1 aliphatic rings. The number of halogens is 1. The highest BCUT2D eigenvalue weighted by Crippen LogP contribution is 2.43. The quantitative estimate of drug-likeness (QED) is 0.311. The van der Waals surface area contributed by atoms with Crippen molar-refractivity contribution in [1.29, 1.82) is 0 Å². The highest BCUT2D eigenvalue weighted by molar-refractivity contribution is 6.46. The lowest BCUT2D eigenvalue weighted by atomic mass is 9.94. The molecule has 1 amide bonds. The zero-order valence-corrected chi connectivity index (χ0v) is 18.8. The van der Waals surface area contributed by atoms with Gasteiger partial charge in [0.05, 0.1) is 32.2 Å². The van der Waals surface area contributed by atoms with Gasteiger partial charge in [0, 0.05) is 36.6 Å². The van der Waals surface area contributed by atoms with Crippen LogP contribution in [0.4, 0.5) is 4.39 Å². The van der Waals surface area contributed by atoms with Crippen molar-refractivity contribution in [3.05, 3.63) is 83.7 Å². The number of ether oxygens (including phenoxy) is 2.